The van der Waals surface area contributed by atoms with Crippen molar-refractivity contribution in [2.45, 2.75) is 13.3 Å². The molecule has 1 amide bonds. The number of nitrogens with zero attached hydrogens (tertiary/aromatic N) is 1. The molecule has 0 aromatic heterocycles. The Kier molecular flexibility index (Phi) is 5.73. The summed E-state index contributed by atoms with van der Waals surface area (Å²) in [5.74, 6) is 0.383. The zero-order valence-corrected chi connectivity index (χ0v) is 13.4. The van der Waals surface area contributed by atoms with Crippen molar-refractivity contribution in [2.75, 3.05) is 19.0 Å². The Bertz CT molecular complexity index is 728. The first-order valence-electron chi connectivity index (χ1n) is 7.41. The van der Waals surface area contributed by atoms with Gasteiger partial charge in [0.2, 0.25) is 0 Å². The van der Waals surface area contributed by atoms with E-state index in [1.807, 2.05) is 6.92 Å². The van der Waals surface area contributed by atoms with Crippen LogP contribution in [0.4, 0.5) is 11.4 Å². The van der Waals surface area contributed by atoms with Crippen molar-refractivity contribution in [1.29, 1.82) is 0 Å². The van der Waals surface area contributed by atoms with Gasteiger partial charge in [-0.3, -0.25) is 14.9 Å². The van der Waals surface area contributed by atoms with Crippen molar-refractivity contribution in [2.24, 2.45) is 0 Å². The van der Waals surface area contributed by atoms with Crippen LogP contribution in [0.15, 0.2) is 42.5 Å². The van der Waals surface area contributed by atoms with Crippen LogP contribution in [0, 0.1) is 10.1 Å². The molecular formula is C17H18N2O5. The molecule has 0 unspecified atom stereocenters. The van der Waals surface area contributed by atoms with Gasteiger partial charge in [0, 0.05) is 23.4 Å². The van der Waals surface area contributed by atoms with Crippen LogP contribution in [0.25, 0.3) is 0 Å². The largest absolute Gasteiger partial charge is 0.494 e. The van der Waals surface area contributed by atoms with Gasteiger partial charge >= 0.3 is 5.69 Å². The number of nitrogens with one attached hydrogen (secondary N) is 1. The molecule has 0 aliphatic heterocycles. The summed E-state index contributed by atoms with van der Waals surface area (Å²) < 4.78 is 10.4. The Morgan fingerprint density at radius 1 is 1.21 bits per heavy atom. The van der Waals surface area contributed by atoms with Crippen LogP contribution in [-0.2, 0) is 0 Å². The number of nitro groups is 1. The average Bonchev–Trinajstić information content (AvgIpc) is 2.60. The second kappa shape index (κ2) is 7.96. The second-order valence-electron chi connectivity index (χ2n) is 4.97. The zero-order chi connectivity index (χ0) is 17.5. The van der Waals surface area contributed by atoms with E-state index < -0.39 is 4.92 Å². The highest BCUT2D eigenvalue weighted by molar-refractivity contribution is 6.04. The summed E-state index contributed by atoms with van der Waals surface area (Å²) in [7, 11) is 1.32. The molecule has 0 bridgehead atoms. The molecule has 0 fully saturated rings. The number of carbonyl (C=O) groups is 1. The van der Waals surface area contributed by atoms with Gasteiger partial charge in [0.05, 0.1) is 18.6 Å². The molecule has 2 aromatic rings. The first kappa shape index (κ1) is 17.3. The van der Waals surface area contributed by atoms with Crippen LogP contribution in [0.5, 0.6) is 11.5 Å². The molecule has 0 aliphatic rings. The first-order chi connectivity index (χ1) is 11.5. The normalized spacial score (nSPS) is 10.1. The second-order valence-corrected chi connectivity index (χ2v) is 4.97. The molecular weight excluding hydrogens is 312 g/mol. The van der Waals surface area contributed by atoms with Gasteiger partial charge in [-0.2, -0.15) is 0 Å². The Balaban J connectivity index is 2.10. The lowest BCUT2D eigenvalue weighted by atomic mass is 10.1. The maximum absolute atomic E-state index is 12.3. The van der Waals surface area contributed by atoms with E-state index in [2.05, 4.69) is 5.32 Å². The van der Waals surface area contributed by atoms with Gasteiger partial charge in [0.1, 0.15) is 5.75 Å². The number of anilines is 1. The maximum Gasteiger partial charge on any atom is 0.310 e. The monoisotopic (exact) mass is 330 g/mol. The number of nitro benzene ring substituents is 1. The van der Waals surface area contributed by atoms with E-state index in [1.165, 1.54) is 25.3 Å². The fourth-order valence-corrected chi connectivity index (χ4v) is 2.03. The first-order valence-corrected chi connectivity index (χ1v) is 7.41. The summed E-state index contributed by atoms with van der Waals surface area (Å²) in [5, 5.41) is 13.6. The van der Waals surface area contributed by atoms with E-state index in [0.717, 1.165) is 12.2 Å². The number of hydrogen-bond acceptors (Lipinski definition) is 5. The molecule has 126 valence electrons. The molecule has 0 heterocycles. The molecule has 0 radical (unpaired) electrons. The van der Waals surface area contributed by atoms with Gasteiger partial charge in [-0.25, -0.2) is 0 Å². The molecule has 7 nitrogen and oxygen atoms in total. The molecule has 7 heteroatoms. The number of benzene rings is 2. The van der Waals surface area contributed by atoms with Crippen LogP contribution in [0.2, 0.25) is 0 Å². The van der Waals surface area contributed by atoms with Crippen molar-refractivity contribution in [1.82, 2.24) is 0 Å². The Morgan fingerprint density at radius 3 is 2.50 bits per heavy atom. The summed E-state index contributed by atoms with van der Waals surface area (Å²) in [6.07, 6.45) is 0.917. The van der Waals surface area contributed by atoms with Crippen molar-refractivity contribution >= 4 is 17.3 Å². The van der Waals surface area contributed by atoms with Gasteiger partial charge in [0.25, 0.3) is 5.91 Å². The minimum absolute atomic E-state index is 0.0379. The van der Waals surface area contributed by atoms with Gasteiger partial charge < -0.3 is 14.8 Å². The number of rotatable bonds is 7. The maximum atomic E-state index is 12.3. The third-order valence-electron chi connectivity index (χ3n) is 3.22. The van der Waals surface area contributed by atoms with E-state index in [4.69, 9.17) is 9.47 Å². The molecule has 2 rings (SSSR count). The van der Waals surface area contributed by atoms with Crippen LogP contribution in [0.3, 0.4) is 0 Å². The summed E-state index contributed by atoms with van der Waals surface area (Å²) >= 11 is 0. The smallest absolute Gasteiger partial charge is 0.310 e. The van der Waals surface area contributed by atoms with Crippen molar-refractivity contribution in [3.8, 4) is 11.5 Å². The average molecular weight is 330 g/mol. The molecule has 0 atom stereocenters. The van der Waals surface area contributed by atoms with Gasteiger partial charge in [-0.05, 0) is 36.8 Å². The van der Waals surface area contributed by atoms with E-state index in [9.17, 15) is 14.9 Å². The highest BCUT2D eigenvalue weighted by Gasteiger charge is 2.17. The fourth-order valence-electron chi connectivity index (χ4n) is 2.03. The molecule has 0 spiro atoms. The predicted molar refractivity (Wildman–Crippen MR) is 89.8 cm³/mol. The Labute approximate surface area is 139 Å². The van der Waals surface area contributed by atoms with Crippen LogP contribution < -0.4 is 14.8 Å². The molecule has 24 heavy (non-hydrogen) atoms. The number of methoxy groups -OCH3 is 1. The van der Waals surface area contributed by atoms with Gasteiger partial charge in [0.15, 0.2) is 5.75 Å². The van der Waals surface area contributed by atoms with Gasteiger partial charge in [-0.1, -0.05) is 6.92 Å². The Morgan fingerprint density at radius 2 is 1.92 bits per heavy atom. The van der Waals surface area contributed by atoms with Gasteiger partial charge in [-0.15, -0.1) is 0 Å². The van der Waals surface area contributed by atoms with E-state index in [0.29, 0.717) is 12.3 Å². The molecule has 0 saturated heterocycles. The minimum atomic E-state index is -0.560. The third kappa shape index (κ3) is 4.22. The predicted octanol–water partition coefficient (Wildman–Crippen LogP) is 3.64. The number of amides is 1. The molecule has 2 aromatic carbocycles. The SMILES string of the molecule is CCCOc1ccc(NC(=O)c2ccc([N+](=O)[O-])c(OC)c2)cc1. The van der Waals surface area contributed by atoms with Crippen LogP contribution in [0.1, 0.15) is 23.7 Å². The quantitative estimate of drug-likeness (QED) is 0.618. The fraction of sp³-hybridized carbons (Fsp3) is 0.235. The molecule has 0 saturated carbocycles. The lowest BCUT2D eigenvalue weighted by molar-refractivity contribution is -0.385. The van der Waals surface area contributed by atoms with Crippen molar-refractivity contribution < 1.29 is 19.2 Å². The summed E-state index contributed by atoms with van der Waals surface area (Å²) in [4.78, 5) is 22.6. The highest BCUT2D eigenvalue weighted by atomic mass is 16.6. The number of hydrogen-bond donors (Lipinski definition) is 1. The minimum Gasteiger partial charge on any atom is -0.494 e. The lowest BCUT2D eigenvalue weighted by Crippen LogP contribution is -2.12. The van der Waals surface area contributed by atoms with E-state index >= 15 is 0 Å². The summed E-state index contributed by atoms with van der Waals surface area (Å²) in [6, 6.07) is 11.0. The van der Waals surface area contributed by atoms with E-state index in [-0.39, 0.29) is 22.9 Å². The topological polar surface area (TPSA) is 90.7 Å². The highest BCUT2D eigenvalue weighted by Crippen LogP contribution is 2.28. The third-order valence-corrected chi connectivity index (χ3v) is 3.22. The van der Waals surface area contributed by atoms with E-state index in [1.54, 1.807) is 24.3 Å². The summed E-state index contributed by atoms with van der Waals surface area (Å²) in [5.41, 5.74) is 0.677. The van der Waals surface area contributed by atoms with Crippen molar-refractivity contribution in [3.63, 3.8) is 0 Å². The summed E-state index contributed by atoms with van der Waals surface area (Å²) in [6.45, 7) is 2.65. The lowest BCUT2D eigenvalue weighted by Gasteiger charge is -2.09. The Hall–Kier alpha value is -3.09. The standard InChI is InChI=1S/C17H18N2O5/c1-3-10-24-14-7-5-13(6-8-14)18-17(20)12-4-9-15(19(21)22)16(11-12)23-2/h4-9,11H,3,10H2,1-2H3,(H,18,20). The zero-order valence-electron chi connectivity index (χ0n) is 13.4. The number of carbonyl (C=O) groups excluding carboxylic acids is 1. The van der Waals surface area contributed by atoms with Crippen LogP contribution >= 0.6 is 0 Å². The molecule has 1 N–H and O–H groups in total. The van der Waals surface area contributed by atoms with Crippen molar-refractivity contribution in [3.05, 3.63) is 58.1 Å². The molecule has 0 aliphatic carbocycles. The van der Waals surface area contributed by atoms with Crippen LogP contribution in [-0.4, -0.2) is 24.5 Å². The number of ether oxygens (including phenoxy) is 2.